The molecule has 0 radical (unpaired) electrons. The van der Waals surface area contributed by atoms with Gasteiger partial charge >= 0.3 is 5.97 Å². The van der Waals surface area contributed by atoms with Crippen molar-refractivity contribution >= 4 is 11.9 Å². The summed E-state index contributed by atoms with van der Waals surface area (Å²) in [7, 11) is 0. The van der Waals surface area contributed by atoms with Gasteiger partial charge in [0, 0.05) is 12.2 Å². The molecule has 0 spiro atoms. The predicted octanol–water partition coefficient (Wildman–Crippen LogP) is 2.29. The van der Waals surface area contributed by atoms with Crippen molar-refractivity contribution in [2.45, 2.75) is 33.8 Å². The van der Waals surface area contributed by atoms with E-state index in [0.717, 1.165) is 5.56 Å². The minimum atomic E-state index is -0.865. The minimum absolute atomic E-state index is 0.0247. The highest BCUT2D eigenvalue weighted by atomic mass is 16.5. The van der Waals surface area contributed by atoms with Gasteiger partial charge in [-0.25, -0.2) is 4.79 Å². The second-order valence-corrected chi connectivity index (χ2v) is 6.34. The second-order valence-electron chi connectivity index (χ2n) is 6.34. The van der Waals surface area contributed by atoms with E-state index in [1.54, 1.807) is 26.8 Å². The van der Waals surface area contributed by atoms with Crippen LogP contribution in [0.25, 0.3) is 0 Å². The van der Waals surface area contributed by atoms with Crippen LogP contribution in [0.3, 0.4) is 0 Å². The minimum Gasteiger partial charge on any atom is -0.491 e. The third-order valence-corrected chi connectivity index (χ3v) is 4.07. The molecule has 3 N–H and O–H groups in total. The van der Waals surface area contributed by atoms with Gasteiger partial charge < -0.3 is 24.9 Å². The topological polar surface area (TPSA) is 101 Å². The largest absolute Gasteiger partial charge is 0.491 e. The summed E-state index contributed by atoms with van der Waals surface area (Å²) in [6.07, 6.45) is -0.865. The number of aliphatic hydroxyl groups is 1. The van der Waals surface area contributed by atoms with Crippen LogP contribution in [0.2, 0.25) is 0 Å². The van der Waals surface area contributed by atoms with Crippen molar-refractivity contribution in [2.24, 2.45) is 0 Å². The Labute approximate surface area is 158 Å². The molecule has 0 aliphatic carbocycles. The van der Waals surface area contributed by atoms with Crippen LogP contribution < -0.4 is 10.1 Å². The maximum absolute atomic E-state index is 12.4. The molecule has 27 heavy (non-hydrogen) atoms. The van der Waals surface area contributed by atoms with Gasteiger partial charge in [-0.15, -0.1) is 0 Å². The lowest BCUT2D eigenvalue weighted by atomic mass is 10.1. The van der Waals surface area contributed by atoms with Crippen molar-refractivity contribution in [3.05, 3.63) is 52.3 Å². The van der Waals surface area contributed by atoms with Crippen LogP contribution in [-0.2, 0) is 4.74 Å². The number of nitrogens with one attached hydrogen (secondary N) is 2. The molecule has 1 heterocycles. The average Bonchev–Trinajstić information content (AvgIpc) is 2.92. The van der Waals surface area contributed by atoms with Gasteiger partial charge in [-0.05, 0) is 51.0 Å². The summed E-state index contributed by atoms with van der Waals surface area (Å²) in [6, 6.07) is 7.50. The SMILES string of the molecule is CCOC(=O)c1c(C)[nH]c(C(=O)NCC(O)COc2cccc(C)c2)c1C. The Bertz CT molecular complexity index is 813. The highest BCUT2D eigenvalue weighted by Gasteiger charge is 2.23. The summed E-state index contributed by atoms with van der Waals surface area (Å²) < 4.78 is 10.5. The maximum Gasteiger partial charge on any atom is 0.340 e. The number of rotatable bonds is 8. The molecule has 146 valence electrons. The van der Waals surface area contributed by atoms with Gasteiger partial charge in [0.1, 0.15) is 24.2 Å². The van der Waals surface area contributed by atoms with Crippen LogP contribution in [0.15, 0.2) is 24.3 Å². The number of amides is 1. The smallest absolute Gasteiger partial charge is 0.340 e. The lowest BCUT2D eigenvalue weighted by molar-refractivity contribution is 0.0525. The molecular weight excluding hydrogens is 348 g/mol. The van der Waals surface area contributed by atoms with E-state index in [1.807, 2.05) is 25.1 Å². The number of aromatic nitrogens is 1. The van der Waals surface area contributed by atoms with E-state index in [-0.39, 0.29) is 25.5 Å². The Balaban J connectivity index is 1.91. The zero-order valence-electron chi connectivity index (χ0n) is 16.1. The Morgan fingerprint density at radius 1 is 1.26 bits per heavy atom. The molecule has 2 rings (SSSR count). The first-order valence-electron chi connectivity index (χ1n) is 8.85. The van der Waals surface area contributed by atoms with Crippen LogP contribution in [0.5, 0.6) is 5.75 Å². The molecule has 0 aliphatic heterocycles. The Morgan fingerprint density at radius 2 is 2.00 bits per heavy atom. The summed E-state index contributed by atoms with van der Waals surface area (Å²) in [6.45, 7) is 7.41. The lowest BCUT2D eigenvalue weighted by Gasteiger charge is -2.13. The van der Waals surface area contributed by atoms with Crippen LogP contribution in [-0.4, -0.2) is 47.8 Å². The van der Waals surface area contributed by atoms with Crippen LogP contribution in [0, 0.1) is 20.8 Å². The molecule has 0 saturated heterocycles. The zero-order chi connectivity index (χ0) is 20.0. The second kappa shape index (κ2) is 9.23. The number of ether oxygens (including phenoxy) is 2. The molecule has 7 nitrogen and oxygen atoms in total. The molecule has 0 bridgehead atoms. The predicted molar refractivity (Wildman–Crippen MR) is 101 cm³/mol. The first kappa shape index (κ1) is 20.5. The summed E-state index contributed by atoms with van der Waals surface area (Å²) in [5.74, 6) is -0.203. The molecule has 0 fully saturated rings. The van der Waals surface area contributed by atoms with Crippen molar-refractivity contribution in [3.63, 3.8) is 0 Å². The summed E-state index contributed by atoms with van der Waals surface area (Å²) in [5, 5.41) is 12.7. The third kappa shape index (κ3) is 5.34. The number of carbonyl (C=O) groups excluding carboxylic acids is 2. The summed E-state index contributed by atoms with van der Waals surface area (Å²) in [5.41, 5.74) is 2.80. The van der Waals surface area contributed by atoms with Gasteiger partial charge in [-0.1, -0.05) is 12.1 Å². The number of benzene rings is 1. The molecule has 1 amide bonds. The Kier molecular flexibility index (Phi) is 7.01. The third-order valence-electron chi connectivity index (χ3n) is 4.07. The highest BCUT2D eigenvalue weighted by molar-refractivity contribution is 6.00. The van der Waals surface area contributed by atoms with Crippen molar-refractivity contribution in [2.75, 3.05) is 19.8 Å². The number of esters is 1. The fourth-order valence-corrected chi connectivity index (χ4v) is 2.74. The maximum atomic E-state index is 12.4. The van der Waals surface area contributed by atoms with Gasteiger partial charge in [-0.2, -0.15) is 0 Å². The molecule has 2 aromatic rings. The van der Waals surface area contributed by atoms with Gasteiger partial charge in [-0.3, -0.25) is 4.79 Å². The fraction of sp³-hybridized carbons (Fsp3) is 0.400. The molecule has 7 heteroatoms. The molecular formula is C20H26N2O5. The standard InChI is InChI=1S/C20H26N2O5/c1-5-26-20(25)17-13(3)18(22-14(17)4)19(24)21-10-15(23)11-27-16-8-6-7-12(2)9-16/h6-9,15,22-23H,5,10-11H2,1-4H3,(H,21,24). The first-order valence-corrected chi connectivity index (χ1v) is 8.85. The van der Waals surface area contributed by atoms with E-state index in [1.165, 1.54) is 0 Å². The number of carbonyl (C=O) groups is 2. The normalized spacial score (nSPS) is 11.7. The quantitative estimate of drug-likeness (QED) is 0.616. The summed E-state index contributed by atoms with van der Waals surface area (Å²) in [4.78, 5) is 27.3. The van der Waals surface area contributed by atoms with E-state index < -0.39 is 18.0 Å². The molecule has 1 atom stereocenters. The van der Waals surface area contributed by atoms with Crippen LogP contribution in [0.1, 0.15) is 44.6 Å². The van der Waals surface area contributed by atoms with E-state index in [0.29, 0.717) is 22.6 Å². The van der Waals surface area contributed by atoms with E-state index in [2.05, 4.69) is 10.3 Å². The molecule has 0 aliphatic rings. The van der Waals surface area contributed by atoms with Gasteiger partial charge in [0.15, 0.2) is 0 Å². The van der Waals surface area contributed by atoms with Gasteiger partial charge in [0.05, 0.1) is 12.2 Å². The molecule has 1 aromatic carbocycles. The van der Waals surface area contributed by atoms with E-state index in [4.69, 9.17) is 9.47 Å². The highest BCUT2D eigenvalue weighted by Crippen LogP contribution is 2.19. The van der Waals surface area contributed by atoms with Gasteiger partial charge in [0.2, 0.25) is 0 Å². The van der Waals surface area contributed by atoms with E-state index >= 15 is 0 Å². The van der Waals surface area contributed by atoms with Crippen LogP contribution in [0.4, 0.5) is 0 Å². The number of H-pyrrole nitrogens is 1. The monoisotopic (exact) mass is 374 g/mol. The molecule has 0 saturated carbocycles. The lowest BCUT2D eigenvalue weighted by Crippen LogP contribution is -2.35. The first-order chi connectivity index (χ1) is 12.8. The van der Waals surface area contributed by atoms with Crippen molar-refractivity contribution < 1.29 is 24.2 Å². The Hall–Kier alpha value is -2.80. The number of aromatic amines is 1. The Morgan fingerprint density at radius 3 is 2.67 bits per heavy atom. The van der Waals surface area contributed by atoms with Crippen molar-refractivity contribution in [3.8, 4) is 5.75 Å². The fourth-order valence-electron chi connectivity index (χ4n) is 2.74. The van der Waals surface area contributed by atoms with Gasteiger partial charge in [0.25, 0.3) is 5.91 Å². The summed E-state index contributed by atoms with van der Waals surface area (Å²) >= 11 is 0. The van der Waals surface area contributed by atoms with E-state index in [9.17, 15) is 14.7 Å². The van der Waals surface area contributed by atoms with Crippen LogP contribution >= 0.6 is 0 Å². The average molecular weight is 374 g/mol. The number of aryl methyl sites for hydroxylation is 2. The number of hydrogen-bond donors (Lipinski definition) is 3. The zero-order valence-corrected chi connectivity index (χ0v) is 16.1. The number of aliphatic hydroxyl groups excluding tert-OH is 1. The molecule has 1 unspecified atom stereocenters. The molecule has 1 aromatic heterocycles. The number of hydrogen-bond acceptors (Lipinski definition) is 5. The van der Waals surface area contributed by atoms with Crippen molar-refractivity contribution in [1.82, 2.24) is 10.3 Å². The van der Waals surface area contributed by atoms with Crippen molar-refractivity contribution in [1.29, 1.82) is 0 Å².